The van der Waals surface area contributed by atoms with E-state index >= 15 is 0 Å². The smallest absolute Gasteiger partial charge is 0.434 e. The van der Waals surface area contributed by atoms with Crippen LogP contribution in [0, 0.1) is 0 Å². The monoisotopic (exact) mass is 153 g/mol. The highest BCUT2D eigenvalue weighted by molar-refractivity contribution is 6.12. The van der Waals surface area contributed by atoms with Gasteiger partial charge in [-0.1, -0.05) is 6.58 Å². The number of nitrogens with zero attached hydrogens (tertiary/aromatic N) is 1. The van der Waals surface area contributed by atoms with Crippen molar-refractivity contribution in [3.63, 3.8) is 0 Å². The van der Waals surface area contributed by atoms with Gasteiger partial charge in [0.15, 0.2) is 5.60 Å². The Hall–Kier alpha value is -1.12. The molecule has 0 aromatic rings. The maximum Gasteiger partial charge on any atom is 0.434 e. The molecule has 0 unspecified atom stereocenters. The van der Waals surface area contributed by atoms with Crippen molar-refractivity contribution in [2.75, 3.05) is 0 Å². The van der Waals surface area contributed by atoms with Gasteiger partial charge in [-0.05, 0) is 26.3 Å². The average molecular weight is 153 g/mol. The van der Waals surface area contributed by atoms with Crippen molar-refractivity contribution in [3.05, 3.63) is 12.2 Å². The van der Waals surface area contributed by atoms with Gasteiger partial charge in [0.25, 0.3) is 0 Å². The molecule has 1 heterocycles. The SMILES string of the molecule is C=C(C)C1=NC(=O)OC1(C)C. The molecule has 1 aliphatic rings. The maximum atomic E-state index is 10.7. The third kappa shape index (κ3) is 1.31. The molecule has 3 nitrogen and oxygen atoms in total. The van der Waals surface area contributed by atoms with Crippen LogP contribution in [0.25, 0.3) is 0 Å². The highest BCUT2D eigenvalue weighted by Gasteiger charge is 2.36. The molecule has 0 saturated carbocycles. The van der Waals surface area contributed by atoms with E-state index in [1.165, 1.54) is 0 Å². The van der Waals surface area contributed by atoms with E-state index in [0.29, 0.717) is 5.71 Å². The van der Waals surface area contributed by atoms with Gasteiger partial charge in [-0.15, -0.1) is 0 Å². The van der Waals surface area contributed by atoms with Gasteiger partial charge in [0.1, 0.15) is 0 Å². The average Bonchev–Trinajstić information content (AvgIpc) is 2.04. The Morgan fingerprint density at radius 2 is 2.18 bits per heavy atom. The second-order valence-corrected chi connectivity index (χ2v) is 3.12. The molecule has 0 bridgehead atoms. The number of rotatable bonds is 1. The van der Waals surface area contributed by atoms with E-state index in [9.17, 15) is 4.79 Å². The molecule has 1 amide bonds. The number of hydrogen-bond acceptors (Lipinski definition) is 2. The molecule has 0 N–H and O–H groups in total. The van der Waals surface area contributed by atoms with Gasteiger partial charge >= 0.3 is 6.09 Å². The summed E-state index contributed by atoms with van der Waals surface area (Å²) in [6, 6.07) is 0. The molecular formula is C8H11NO2. The van der Waals surface area contributed by atoms with Crippen LogP contribution >= 0.6 is 0 Å². The number of ether oxygens (including phenoxy) is 1. The van der Waals surface area contributed by atoms with Gasteiger partial charge in [-0.3, -0.25) is 0 Å². The number of carbonyl (C=O) groups is 1. The Kier molecular flexibility index (Phi) is 1.59. The maximum absolute atomic E-state index is 10.7. The summed E-state index contributed by atoms with van der Waals surface area (Å²) < 4.78 is 4.92. The minimum Gasteiger partial charge on any atom is -0.435 e. The summed E-state index contributed by atoms with van der Waals surface area (Å²) in [6.45, 7) is 9.11. The third-order valence-electron chi connectivity index (χ3n) is 1.52. The third-order valence-corrected chi connectivity index (χ3v) is 1.52. The van der Waals surface area contributed by atoms with Crippen LogP contribution in [-0.4, -0.2) is 17.4 Å². The lowest BCUT2D eigenvalue weighted by molar-refractivity contribution is 0.106. The lowest BCUT2D eigenvalue weighted by Crippen LogP contribution is -2.30. The molecule has 11 heavy (non-hydrogen) atoms. The Balaban J connectivity index is 3.01. The molecule has 1 aliphatic heterocycles. The van der Waals surface area contributed by atoms with E-state index in [0.717, 1.165) is 5.57 Å². The zero-order chi connectivity index (χ0) is 8.65. The fourth-order valence-corrected chi connectivity index (χ4v) is 1.12. The molecule has 1 rings (SSSR count). The van der Waals surface area contributed by atoms with Gasteiger partial charge < -0.3 is 4.74 Å². The topological polar surface area (TPSA) is 38.7 Å². The normalized spacial score (nSPS) is 21.0. The molecule has 0 radical (unpaired) electrons. The molecule has 0 aromatic carbocycles. The highest BCUT2D eigenvalue weighted by Crippen LogP contribution is 2.23. The molecule has 60 valence electrons. The molecule has 0 saturated heterocycles. The molecule has 0 fully saturated rings. The quantitative estimate of drug-likeness (QED) is 0.577. The van der Waals surface area contributed by atoms with E-state index in [1.54, 1.807) is 13.8 Å². The van der Waals surface area contributed by atoms with Crippen LogP contribution in [0.1, 0.15) is 20.8 Å². The fraction of sp³-hybridized carbons (Fsp3) is 0.500. The first-order valence-corrected chi connectivity index (χ1v) is 3.41. The summed E-state index contributed by atoms with van der Waals surface area (Å²) in [5.41, 5.74) is 0.825. The zero-order valence-corrected chi connectivity index (χ0v) is 6.97. The number of hydrogen-bond donors (Lipinski definition) is 0. The highest BCUT2D eigenvalue weighted by atomic mass is 16.6. The summed E-state index contributed by atoms with van der Waals surface area (Å²) in [4.78, 5) is 14.4. The van der Waals surface area contributed by atoms with Crippen molar-refractivity contribution >= 4 is 11.8 Å². The second-order valence-electron chi connectivity index (χ2n) is 3.12. The number of carbonyl (C=O) groups excluding carboxylic acids is 1. The standard InChI is InChI=1S/C8H11NO2/c1-5(2)6-8(3,4)11-7(10)9-6/h1H2,2-4H3. The van der Waals surface area contributed by atoms with E-state index in [-0.39, 0.29) is 0 Å². The van der Waals surface area contributed by atoms with Gasteiger partial charge in [0, 0.05) is 0 Å². The van der Waals surface area contributed by atoms with Crippen LogP contribution in [0.5, 0.6) is 0 Å². The Morgan fingerprint density at radius 3 is 2.36 bits per heavy atom. The van der Waals surface area contributed by atoms with Crippen molar-refractivity contribution in [2.24, 2.45) is 4.99 Å². The summed E-state index contributed by atoms with van der Waals surface area (Å²) in [6.07, 6.45) is -0.520. The zero-order valence-electron chi connectivity index (χ0n) is 6.97. The van der Waals surface area contributed by atoms with E-state index in [2.05, 4.69) is 11.6 Å². The molecule has 0 aliphatic carbocycles. The minimum absolute atomic E-state index is 0.520. The van der Waals surface area contributed by atoms with E-state index in [4.69, 9.17) is 4.74 Å². The van der Waals surface area contributed by atoms with Crippen LogP contribution in [0.4, 0.5) is 4.79 Å². The first kappa shape index (κ1) is 7.98. The Morgan fingerprint density at radius 1 is 1.64 bits per heavy atom. The van der Waals surface area contributed by atoms with Gasteiger partial charge in [-0.2, -0.15) is 4.99 Å². The van der Waals surface area contributed by atoms with Crippen molar-refractivity contribution in [2.45, 2.75) is 26.4 Å². The van der Waals surface area contributed by atoms with Crippen LogP contribution in [0.2, 0.25) is 0 Å². The van der Waals surface area contributed by atoms with Crippen molar-refractivity contribution in [1.82, 2.24) is 0 Å². The Bertz CT molecular complexity index is 251. The summed E-state index contributed by atoms with van der Waals surface area (Å²) in [5, 5.41) is 0. The van der Waals surface area contributed by atoms with Gasteiger partial charge in [0.05, 0.1) is 5.71 Å². The van der Waals surface area contributed by atoms with Crippen molar-refractivity contribution in [3.8, 4) is 0 Å². The Labute approximate surface area is 65.8 Å². The van der Waals surface area contributed by atoms with Crippen LogP contribution in [0.3, 0.4) is 0 Å². The lowest BCUT2D eigenvalue weighted by atomic mass is 9.98. The first-order valence-electron chi connectivity index (χ1n) is 3.41. The number of aliphatic imine (C=N–C) groups is 1. The van der Waals surface area contributed by atoms with Gasteiger partial charge in [0.2, 0.25) is 0 Å². The van der Waals surface area contributed by atoms with Gasteiger partial charge in [-0.25, -0.2) is 4.79 Å². The molecule has 0 atom stereocenters. The molecule has 0 aromatic heterocycles. The number of amides is 1. The first-order chi connectivity index (χ1) is 4.93. The summed E-state index contributed by atoms with van der Waals surface area (Å²) >= 11 is 0. The van der Waals surface area contributed by atoms with E-state index in [1.807, 2.05) is 6.92 Å². The van der Waals surface area contributed by atoms with Crippen LogP contribution < -0.4 is 0 Å². The van der Waals surface area contributed by atoms with Crippen molar-refractivity contribution in [1.29, 1.82) is 0 Å². The van der Waals surface area contributed by atoms with Crippen molar-refractivity contribution < 1.29 is 9.53 Å². The lowest BCUT2D eigenvalue weighted by Gasteiger charge is -2.18. The molecule has 3 heteroatoms. The summed E-state index contributed by atoms with van der Waals surface area (Å²) in [7, 11) is 0. The fourth-order valence-electron chi connectivity index (χ4n) is 1.12. The summed E-state index contributed by atoms with van der Waals surface area (Å²) in [5.74, 6) is 0. The molecular weight excluding hydrogens is 142 g/mol. The number of cyclic esters (lactones) is 1. The predicted molar refractivity (Wildman–Crippen MR) is 42.8 cm³/mol. The largest absolute Gasteiger partial charge is 0.435 e. The second kappa shape index (κ2) is 2.19. The molecule has 0 spiro atoms. The minimum atomic E-state index is -0.594. The van der Waals surface area contributed by atoms with E-state index < -0.39 is 11.7 Å². The van der Waals surface area contributed by atoms with Crippen LogP contribution in [-0.2, 0) is 4.74 Å². The van der Waals surface area contributed by atoms with Crippen LogP contribution in [0.15, 0.2) is 17.1 Å². The predicted octanol–water partition coefficient (Wildman–Crippen LogP) is 1.93.